The van der Waals surface area contributed by atoms with Crippen LogP contribution >= 0.6 is 0 Å². The summed E-state index contributed by atoms with van der Waals surface area (Å²) in [5, 5.41) is 9.70. The van der Waals surface area contributed by atoms with E-state index in [-0.39, 0.29) is 0 Å². The van der Waals surface area contributed by atoms with E-state index in [4.69, 9.17) is 9.47 Å². The Balaban J connectivity index is 2.92. The van der Waals surface area contributed by atoms with E-state index < -0.39 is 6.10 Å². The van der Waals surface area contributed by atoms with Crippen LogP contribution in [0, 0.1) is 0 Å². The molecule has 3 heteroatoms. The molecule has 0 aliphatic heterocycles. The molecule has 88 valence electrons. The predicted molar refractivity (Wildman–Crippen MR) is 63.9 cm³/mol. The van der Waals surface area contributed by atoms with Gasteiger partial charge in [-0.3, -0.25) is 0 Å². The van der Waals surface area contributed by atoms with Crippen molar-refractivity contribution in [2.24, 2.45) is 0 Å². The van der Waals surface area contributed by atoms with E-state index in [0.29, 0.717) is 24.5 Å². The predicted octanol–water partition coefficient (Wildman–Crippen LogP) is 2.70. The van der Waals surface area contributed by atoms with Crippen LogP contribution in [0.15, 0.2) is 30.9 Å². The molecule has 0 aromatic heterocycles. The van der Waals surface area contributed by atoms with Gasteiger partial charge in [0.1, 0.15) is 6.61 Å². The zero-order valence-corrected chi connectivity index (χ0v) is 9.77. The molecule has 0 saturated heterocycles. The third kappa shape index (κ3) is 3.00. The Morgan fingerprint density at radius 2 is 2.19 bits per heavy atom. The number of aliphatic hydroxyl groups excluding tert-OH is 1. The van der Waals surface area contributed by atoms with Gasteiger partial charge in [0.05, 0.1) is 13.2 Å². The Hall–Kier alpha value is -1.48. The Kier molecular flexibility index (Phi) is 4.86. The van der Waals surface area contributed by atoms with Crippen LogP contribution in [0.2, 0.25) is 0 Å². The van der Waals surface area contributed by atoms with Gasteiger partial charge >= 0.3 is 0 Å². The molecule has 1 N–H and O–H groups in total. The Morgan fingerprint density at radius 1 is 1.44 bits per heavy atom. The van der Waals surface area contributed by atoms with Gasteiger partial charge in [0, 0.05) is 0 Å². The first-order valence-electron chi connectivity index (χ1n) is 5.32. The summed E-state index contributed by atoms with van der Waals surface area (Å²) in [6.07, 6.45) is 1.90. The summed E-state index contributed by atoms with van der Waals surface area (Å²) in [7, 11) is 1.58. The average molecular weight is 222 g/mol. The van der Waals surface area contributed by atoms with E-state index in [1.165, 1.54) is 0 Å². The number of benzene rings is 1. The van der Waals surface area contributed by atoms with Gasteiger partial charge in [-0.2, -0.15) is 0 Å². The Morgan fingerprint density at radius 3 is 2.75 bits per heavy atom. The molecule has 1 atom stereocenters. The van der Waals surface area contributed by atoms with Crippen LogP contribution in [0.5, 0.6) is 11.5 Å². The first-order chi connectivity index (χ1) is 7.72. The van der Waals surface area contributed by atoms with Crippen molar-refractivity contribution < 1.29 is 14.6 Å². The molecule has 1 aromatic carbocycles. The molecule has 0 aliphatic rings. The molecule has 0 spiro atoms. The third-order valence-corrected chi connectivity index (χ3v) is 2.32. The number of methoxy groups -OCH3 is 1. The molecular weight excluding hydrogens is 204 g/mol. The summed E-state index contributed by atoms with van der Waals surface area (Å²) in [6, 6.07) is 5.44. The van der Waals surface area contributed by atoms with Gasteiger partial charge in [-0.1, -0.05) is 25.6 Å². The SMILES string of the molecule is C=CCOc1ccc([C@H](O)CC)cc1OC. The smallest absolute Gasteiger partial charge is 0.161 e. The van der Waals surface area contributed by atoms with Crippen molar-refractivity contribution in [2.45, 2.75) is 19.4 Å². The topological polar surface area (TPSA) is 38.7 Å². The van der Waals surface area contributed by atoms with E-state index in [9.17, 15) is 5.11 Å². The van der Waals surface area contributed by atoms with Crippen LogP contribution in [0.4, 0.5) is 0 Å². The van der Waals surface area contributed by atoms with Crippen LogP contribution in [-0.4, -0.2) is 18.8 Å². The Labute approximate surface area is 96.3 Å². The van der Waals surface area contributed by atoms with Crippen LogP contribution in [0.1, 0.15) is 25.0 Å². The minimum Gasteiger partial charge on any atom is -0.493 e. The molecule has 0 saturated carbocycles. The van der Waals surface area contributed by atoms with Crippen molar-refractivity contribution in [3.63, 3.8) is 0 Å². The van der Waals surface area contributed by atoms with Crippen molar-refractivity contribution in [3.8, 4) is 11.5 Å². The van der Waals surface area contributed by atoms with E-state index in [0.717, 1.165) is 5.56 Å². The largest absolute Gasteiger partial charge is 0.493 e. The molecule has 0 radical (unpaired) electrons. The highest BCUT2D eigenvalue weighted by Crippen LogP contribution is 2.31. The molecule has 0 aliphatic carbocycles. The summed E-state index contributed by atoms with van der Waals surface area (Å²) < 4.78 is 10.6. The highest BCUT2D eigenvalue weighted by Gasteiger charge is 2.10. The molecule has 0 unspecified atom stereocenters. The maximum atomic E-state index is 9.70. The van der Waals surface area contributed by atoms with Crippen molar-refractivity contribution in [1.82, 2.24) is 0 Å². The highest BCUT2D eigenvalue weighted by molar-refractivity contribution is 5.43. The van der Waals surface area contributed by atoms with E-state index in [1.54, 1.807) is 25.3 Å². The number of ether oxygens (including phenoxy) is 2. The second-order valence-corrected chi connectivity index (χ2v) is 3.43. The number of hydrogen-bond acceptors (Lipinski definition) is 3. The zero-order chi connectivity index (χ0) is 12.0. The fourth-order valence-electron chi connectivity index (χ4n) is 1.40. The lowest BCUT2D eigenvalue weighted by atomic mass is 10.1. The fourth-order valence-corrected chi connectivity index (χ4v) is 1.40. The van der Waals surface area contributed by atoms with Gasteiger partial charge in [0.25, 0.3) is 0 Å². The van der Waals surface area contributed by atoms with Crippen molar-refractivity contribution >= 4 is 0 Å². The molecule has 0 amide bonds. The van der Waals surface area contributed by atoms with Gasteiger partial charge < -0.3 is 14.6 Å². The van der Waals surface area contributed by atoms with Crippen LogP contribution in [-0.2, 0) is 0 Å². The minimum absolute atomic E-state index is 0.437. The second kappa shape index (κ2) is 6.18. The average Bonchev–Trinajstić information content (AvgIpc) is 2.35. The third-order valence-electron chi connectivity index (χ3n) is 2.32. The van der Waals surface area contributed by atoms with Crippen molar-refractivity contribution in [2.75, 3.05) is 13.7 Å². The van der Waals surface area contributed by atoms with Crippen molar-refractivity contribution in [3.05, 3.63) is 36.4 Å². The van der Waals surface area contributed by atoms with Crippen molar-refractivity contribution in [1.29, 1.82) is 0 Å². The Bertz CT molecular complexity index is 347. The van der Waals surface area contributed by atoms with E-state index in [1.807, 2.05) is 13.0 Å². The lowest BCUT2D eigenvalue weighted by Crippen LogP contribution is -1.99. The van der Waals surface area contributed by atoms with Crippen LogP contribution in [0.3, 0.4) is 0 Å². The quantitative estimate of drug-likeness (QED) is 0.752. The standard InChI is InChI=1S/C13H18O3/c1-4-8-16-12-7-6-10(11(14)5-2)9-13(12)15-3/h4,6-7,9,11,14H,1,5,8H2,2-3H3/t11-/m1/s1. The molecule has 0 bridgehead atoms. The van der Waals surface area contributed by atoms with Gasteiger partial charge in [0.15, 0.2) is 11.5 Å². The summed E-state index contributed by atoms with van der Waals surface area (Å²) >= 11 is 0. The maximum absolute atomic E-state index is 9.70. The maximum Gasteiger partial charge on any atom is 0.161 e. The number of aliphatic hydroxyl groups is 1. The second-order valence-electron chi connectivity index (χ2n) is 3.43. The molecule has 1 rings (SSSR count). The molecule has 1 aromatic rings. The van der Waals surface area contributed by atoms with Gasteiger partial charge in [0.2, 0.25) is 0 Å². The number of rotatable bonds is 6. The van der Waals surface area contributed by atoms with Gasteiger partial charge in [-0.05, 0) is 24.1 Å². The first-order valence-corrected chi connectivity index (χ1v) is 5.32. The minimum atomic E-state index is -0.456. The zero-order valence-electron chi connectivity index (χ0n) is 9.77. The van der Waals surface area contributed by atoms with Gasteiger partial charge in [-0.15, -0.1) is 0 Å². The van der Waals surface area contributed by atoms with E-state index >= 15 is 0 Å². The molecule has 16 heavy (non-hydrogen) atoms. The first kappa shape index (κ1) is 12.6. The highest BCUT2D eigenvalue weighted by atomic mass is 16.5. The van der Waals surface area contributed by atoms with Crippen LogP contribution in [0.25, 0.3) is 0 Å². The molecule has 0 heterocycles. The van der Waals surface area contributed by atoms with Crippen LogP contribution < -0.4 is 9.47 Å². The van der Waals surface area contributed by atoms with E-state index in [2.05, 4.69) is 6.58 Å². The van der Waals surface area contributed by atoms with Gasteiger partial charge in [-0.25, -0.2) is 0 Å². The molecule has 3 nitrogen and oxygen atoms in total. The summed E-state index contributed by atoms with van der Waals surface area (Å²) in [4.78, 5) is 0. The number of hydrogen-bond donors (Lipinski definition) is 1. The monoisotopic (exact) mass is 222 g/mol. The summed E-state index contributed by atoms with van der Waals surface area (Å²) in [5.41, 5.74) is 0.838. The molecular formula is C13H18O3. The fraction of sp³-hybridized carbons (Fsp3) is 0.385. The summed E-state index contributed by atoms with van der Waals surface area (Å²) in [6.45, 7) is 5.95. The lowest BCUT2D eigenvalue weighted by molar-refractivity contribution is 0.173. The summed E-state index contributed by atoms with van der Waals surface area (Å²) in [5.74, 6) is 1.29. The normalized spacial score (nSPS) is 11.9. The lowest BCUT2D eigenvalue weighted by Gasteiger charge is -2.13. The molecule has 0 fully saturated rings.